The molecule has 80 valence electrons. The summed E-state index contributed by atoms with van der Waals surface area (Å²) in [5.74, 6) is -0.0949. The number of hydrogen-bond donors (Lipinski definition) is 0. The van der Waals surface area contributed by atoms with Crippen molar-refractivity contribution in [2.45, 2.75) is 47.0 Å². The minimum atomic E-state index is -0.0994. The maximum absolute atomic E-state index is 13.3. The molecule has 0 N–H and O–H groups in total. The molecule has 0 aromatic heterocycles. The summed E-state index contributed by atoms with van der Waals surface area (Å²) in [7, 11) is 0. The van der Waals surface area contributed by atoms with Crippen LogP contribution in [0.1, 0.15) is 45.7 Å². The number of halogens is 1. The van der Waals surface area contributed by atoms with Gasteiger partial charge in [0.2, 0.25) is 0 Å². The van der Waals surface area contributed by atoms with E-state index in [0.29, 0.717) is 0 Å². The van der Waals surface area contributed by atoms with Gasteiger partial charge in [0.25, 0.3) is 0 Å². The summed E-state index contributed by atoms with van der Waals surface area (Å²) in [6.45, 7) is 11.9. The number of hydrogen-bond acceptors (Lipinski definition) is 0. The maximum atomic E-state index is 13.3. The van der Waals surface area contributed by atoms with Crippen molar-refractivity contribution in [2.24, 2.45) is 0 Å². The van der Waals surface area contributed by atoms with Crippen LogP contribution in [0.5, 0.6) is 0 Å². The van der Waals surface area contributed by atoms with E-state index < -0.39 is 0 Å². The van der Waals surface area contributed by atoms with E-state index in [9.17, 15) is 4.39 Å². The lowest BCUT2D eigenvalue weighted by Gasteiger charge is -2.19. The van der Waals surface area contributed by atoms with Crippen molar-refractivity contribution in [1.82, 2.24) is 0 Å². The van der Waals surface area contributed by atoms with Crippen molar-refractivity contribution < 1.29 is 4.39 Å². The predicted molar refractivity (Wildman–Crippen MR) is 61.2 cm³/mol. The van der Waals surface area contributed by atoms with Crippen LogP contribution in [0.15, 0.2) is 18.2 Å². The summed E-state index contributed by atoms with van der Waals surface area (Å²) in [4.78, 5) is 0. The minimum absolute atomic E-state index is 0.0949. The van der Waals surface area contributed by atoms with Gasteiger partial charge >= 0.3 is 0 Å². The van der Waals surface area contributed by atoms with E-state index in [1.165, 1.54) is 0 Å². The van der Waals surface area contributed by atoms with E-state index >= 15 is 0 Å². The van der Waals surface area contributed by atoms with E-state index in [-0.39, 0.29) is 11.2 Å². The normalized spacial score (nSPS) is 10.5. The zero-order valence-corrected chi connectivity index (χ0v) is 10.1. The first-order chi connectivity index (χ1) is 6.41. The SMILES string of the molecule is CC.Cc1ccc(C(C)(C)C)c(F)c1. The quantitative estimate of drug-likeness (QED) is 0.574. The Kier molecular flexibility index (Phi) is 4.82. The van der Waals surface area contributed by atoms with Gasteiger partial charge in [0, 0.05) is 0 Å². The van der Waals surface area contributed by atoms with E-state index in [1.54, 1.807) is 6.07 Å². The molecule has 0 unspecified atom stereocenters. The van der Waals surface area contributed by atoms with Crippen molar-refractivity contribution in [1.29, 1.82) is 0 Å². The molecule has 0 aliphatic carbocycles. The number of benzene rings is 1. The average Bonchev–Trinajstić information content (AvgIpc) is 2.05. The summed E-state index contributed by atoms with van der Waals surface area (Å²) in [5, 5.41) is 0. The van der Waals surface area contributed by atoms with E-state index in [0.717, 1.165) is 11.1 Å². The lowest BCUT2D eigenvalue weighted by atomic mass is 9.86. The van der Waals surface area contributed by atoms with Crippen LogP contribution in [0, 0.1) is 12.7 Å². The standard InChI is InChI=1S/C11H15F.C2H6/c1-8-5-6-9(10(12)7-8)11(2,3)4;1-2/h5-7H,1-4H3;1-2H3. The summed E-state index contributed by atoms with van der Waals surface area (Å²) in [5.41, 5.74) is 1.66. The fourth-order valence-corrected chi connectivity index (χ4v) is 1.23. The lowest BCUT2D eigenvalue weighted by molar-refractivity contribution is 0.522. The molecular weight excluding hydrogens is 175 g/mol. The molecule has 0 aliphatic rings. The van der Waals surface area contributed by atoms with Crippen molar-refractivity contribution in [3.63, 3.8) is 0 Å². The second kappa shape index (κ2) is 5.14. The molecule has 14 heavy (non-hydrogen) atoms. The Morgan fingerprint density at radius 2 is 1.57 bits per heavy atom. The Hall–Kier alpha value is -0.850. The summed E-state index contributed by atoms with van der Waals surface area (Å²) in [6, 6.07) is 5.40. The first-order valence-corrected chi connectivity index (χ1v) is 5.18. The minimum Gasteiger partial charge on any atom is -0.207 e. The molecular formula is C13H21F. The number of aryl methyl sites for hydroxylation is 1. The highest BCUT2D eigenvalue weighted by molar-refractivity contribution is 5.28. The van der Waals surface area contributed by atoms with Crippen LogP contribution >= 0.6 is 0 Å². The van der Waals surface area contributed by atoms with Gasteiger partial charge in [0.1, 0.15) is 5.82 Å². The van der Waals surface area contributed by atoms with Gasteiger partial charge in [-0.2, -0.15) is 0 Å². The molecule has 0 saturated carbocycles. The Balaban J connectivity index is 0.000000791. The van der Waals surface area contributed by atoms with Gasteiger partial charge in [-0.05, 0) is 29.5 Å². The van der Waals surface area contributed by atoms with E-state index in [2.05, 4.69) is 0 Å². The molecule has 0 fully saturated rings. The highest BCUT2D eigenvalue weighted by Gasteiger charge is 2.17. The molecule has 0 atom stereocenters. The fourth-order valence-electron chi connectivity index (χ4n) is 1.23. The summed E-state index contributed by atoms with van der Waals surface area (Å²) < 4.78 is 13.3. The zero-order valence-electron chi connectivity index (χ0n) is 10.1. The third kappa shape index (κ3) is 3.49. The molecule has 0 radical (unpaired) electrons. The van der Waals surface area contributed by atoms with Gasteiger partial charge in [-0.25, -0.2) is 4.39 Å². The van der Waals surface area contributed by atoms with Crippen LogP contribution in [-0.4, -0.2) is 0 Å². The smallest absolute Gasteiger partial charge is 0.127 e. The van der Waals surface area contributed by atoms with Crippen molar-refractivity contribution >= 4 is 0 Å². The third-order valence-corrected chi connectivity index (χ3v) is 1.93. The molecule has 1 aromatic rings. The second-order valence-electron chi connectivity index (χ2n) is 4.23. The summed E-state index contributed by atoms with van der Waals surface area (Å²) in [6.07, 6.45) is 0. The highest BCUT2D eigenvalue weighted by Crippen LogP contribution is 2.25. The average molecular weight is 196 g/mol. The fraction of sp³-hybridized carbons (Fsp3) is 0.538. The monoisotopic (exact) mass is 196 g/mol. The van der Waals surface area contributed by atoms with E-state index in [1.807, 2.05) is 53.7 Å². The van der Waals surface area contributed by atoms with Crippen LogP contribution in [0.4, 0.5) is 4.39 Å². The van der Waals surface area contributed by atoms with Crippen LogP contribution < -0.4 is 0 Å². The molecule has 0 saturated heterocycles. The molecule has 1 heteroatoms. The molecule has 1 rings (SSSR count). The molecule has 0 nitrogen and oxygen atoms in total. The van der Waals surface area contributed by atoms with Crippen molar-refractivity contribution in [2.75, 3.05) is 0 Å². The molecule has 0 spiro atoms. The van der Waals surface area contributed by atoms with Gasteiger partial charge in [-0.1, -0.05) is 46.8 Å². The lowest BCUT2D eigenvalue weighted by Crippen LogP contribution is -2.13. The summed E-state index contributed by atoms with van der Waals surface area (Å²) >= 11 is 0. The van der Waals surface area contributed by atoms with Gasteiger partial charge in [0.05, 0.1) is 0 Å². The second-order valence-corrected chi connectivity index (χ2v) is 4.23. The number of rotatable bonds is 0. The Morgan fingerprint density at radius 1 is 1.07 bits per heavy atom. The van der Waals surface area contributed by atoms with Crippen LogP contribution in [-0.2, 0) is 5.41 Å². The van der Waals surface area contributed by atoms with Gasteiger partial charge in [0.15, 0.2) is 0 Å². The Bertz CT molecular complexity index is 282. The van der Waals surface area contributed by atoms with Crippen LogP contribution in [0.3, 0.4) is 0 Å². The topological polar surface area (TPSA) is 0 Å². The Labute approximate surface area is 87.2 Å². The maximum Gasteiger partial charge on any atom is 0.127 e. The molecule has 1 aromatic carbocycles. The molecule has 0 bridgehead atoms. The zero-order chi connectivity index (χ0) is 11.4. The van der Waals surface area contributed by atoms with Gasteiger partial charge in [-0.15, -0.1) is 0 Å². The van der Waals surface area contributed by atoms with Gasteiger partial charge in [-0.3, -0.25) is 0 Å². The first-order valence-electron chi connectivity index (χ1n) is 5.18. The molecule has 0 aliphatic heterocycles. The van der Waals surface area contributed by atoms with Crippen LogP contribution in [0.25, 0.3) is 0 Å². The molecule has 0 amide bonds. The Morgan fingerprint density at radius 3 is 1.93 bits per heavy atom. The highest BCUT2D eigenvalue weighted by atomic mass is 19.1. The molecule has 0 heterocycles. The van der Waals surface area contributed by atoms with Crippen molar-refractivity contribution in [3.05, 3.63) is 35.1 Å². The predicted octanol–water partition coefficient (Wildman–Crippen LogP) is 4.46. The largest absolute Gasteiger partial charge is 0.207 e. The van der Waals surface area contributed by atoms with Crippen LogP contribution in [0.2, 0.25) is 0 Å². The third-order valence-electron chi connectivity index (χ3n) is 1.93. The first kappa shape index (κ1) is 13.2. The van der Waals surface area contributed by atoms with Crippen molar-refractivity contribution in [3.8, 4) is 0 Å². The van der Waals surface area contributed by atoms with E-state index in [4.69, 9.17) is 0 Å². The van der Waals surface area contributed by atoms with Gasteiger partial charge < -0.3 is 0 Å².